The first-order chi connectivity index (χ1) is 13.0. The van der Waals surface area contributed by atoms with Gasteiger partial charge in [-0.3, -0.25) is 4.79 Å². The van der Waals surface area contributed by atoms with E-state index in [-0.39, 0.29) is 11.8 Å². The van der Waals surface area contributed by atoms with Gasteiger partial charge in [-0.25, -0.2) is 9.67 Å². The molecule has 0 bridgehead atoms. The number of hydrogen-bond donors (Lipinski definition) is 1. The largest absolute Gasteiger partial charge is 0.354 e. The number of carbonyl (C=O) groups excluding carboxylic acids is 1. The molecule has 2 aromatic carbocycles. The topological polar surface area (TPSA) is 59.8 Å². The highest BCUT2D eigenvalue weighted by Gasteiger charge is 2.18. The van der Waals surface area contributed by atoms with Crippen LogP contribution in [0, 0.1) is 13.8 Å². The average Bonchev–Trinajstić information content (AvgIpc) is 2.97. The van der Waals surface area contributed by atoms with Crippen LogP contribution in [0.5, 0.6) is 0 Å². The molecule has 0 spiro atoms. The molecule has 0 aliphatic carbocycles. The minimum Gasteiger partial charge on any atom is -0.354 e. The van der Waals surface area contributed by atoms with Crippen LogP contribution in [0.15, 0.2) is 54.6 Å². The summed E-state index contributed by atoms with van der Waals surface area (Å²) < 4.78 is 1.81. The minimum absolute atomic E-state index is 0.00156. The Morgan fingerprint density at radius 1 is 1.11 bits per heavy atom. The molecule has 140 valence electrons. The summed E-state index contributed by atoms with van der Waals surface area (Å²) in [5.74, 6) is 1.55. The number of aryl methyl sites for hydroxylation is 2. The van der Waals surface area contributed by atoms with Crippen molar-refractivity contribution in [3.05, 3.63) is 82.4 Å². The smallest absolute Gasteiger partial charge is 0.221 e. The molecule has 0 fully saturated rings. The molecular formula is C21H23ClN4O. The van der Waals surface area contributed by atoms with Crippen molar-refractivity contribution < 1.29 is 4.79 Å². The maximum atomic E-state index is 12.6. The molecule has 0 unspecified atom stereocenters. The summed E-state index contributed by atoms with van der Waals surface area (Å²) >= 11 is 6.16. The van der Waals surface area contributed by atoms with Crippen molar-refractivity contribution in [2.75, 3.05) is 6.54 Å². The number of amides is 1. The van der Waals surface area contributed by atoms with E-state index in [2.05, 4.69) is 15.4 Å². The Morgan fingerprint density at radius 2 is 1.85 bits per heavy atom. The maximum Gasteiger partial charge on any atom is 0.221 e. The van der Waals surface area contributed by atoms with Gasteiger partial charge in [-0.05, 0) is 37.1 Å². The number of carbonyl (C=O) groups is 1. The number of benzene rings is 2. The first-order valence-corrected chi connectivity index (χ1v) is 9.36. The third kappa shape index (κ3) is 5.17. The lowest BCUT2D eigenvalue weighted by Crippen LogP contribution is -2.29. The fourth-order valence-corrected chi connectivity index (χ4v) is 3.37. The highest BCUT2D eigenvalue weighted by Crippen LogP contribution is 2.29. The summed E-state index contributed by atoms with van der Waals surface area (Å²) in [6, 6.07) is 17.7. The molecule has 0 saturated carbocycles. The lowest BCUT2D eigenvalue weighted by Gasteiger charge is -2.18. The van der Waals surface area contributed by atoms with Crippen molar-refractivity contribution in [2.45, 2.75) is 32.7 Å². The van der Waals surface area contributed by atoms with Crippen LogP contribution in [-0.2, 0) is 11.3 Å². The molecule has 1 aromatic heterocycles. The summed E-state index contributed by atoms with van der Waals surface area (Å²) in [6.45, 7) is 4.88. The summed E-state index contributed by atoms with van der Waals surface area (Å²) in [5, 5.41) is 7.98. The molecule has 1 heterocycles. The van der Waals surface area contributed by atoms with E-state index in [0.717, 1.165) is 22.8 Å². The van der Waals surface area contributed by atoms with Gasteiger partial charge in [0.25, 0.3) is 0 Å². The quantitative estimate of drug-likeness (QED) is 0.674. The minimum atomic E-state index is -0.0414. The number of rotatable bonds is 7. The highest BCUT2D eigenvalue weighted by molar-refractivity contribution is 6.30. The van der Waals surface area contributed by atoms with Crippen LogP contribution in [0.1, 0.15) is 35.1 Å². The molecule has 3 rings (SSSR count). The van der Waals surface area contributed by atoms with Crippen molar-refractivity contribution >= 4 is 17.5 Å². The van der Waals surface area contributed by atoms with Gasteiger partial charge in [0.15, 0.2) is 0 Å². The zero-order chi connectivity index (χ0) is 19.2. The number of nitrogens with zero attached hydrogens (tertiary/aromatic N) is 3. The van der Waals surface area contributed by atoms with Crippen molar-refractivity contribution in [3.63, 3.8) is 0 Å². The van der Waals surface area contributed by atoms with Gasteiger partial charge in [0.05, 0.1) is 6.54 Å². The Hall–Kier alpha value is -2.66. The summed E-state index contributed by atoms with van der Waals surface area (Å²) in [6.07, 6.45) is 0.361. The third-order valence-electron chi connectivity index (χ3n) is 4.45. The van der Waals surface area contributed by atoms with Gasteiger partial charge in [-0.1, -0.05) is 54.1 Å². The van der Waals surface area contributed by atoms with Crippen molar-refractivity contribution in [1.29, 1.82) is 0 Å². The van der Waals surface area contributed by atoms with Crippen LogP contribution < -0.4 is 5.32 Å². The molecule has 0 radical (unpaired) electrons. The molecule has 1 atom stereocenters. The fourth-order valence-electron chi connectivity index (χ4n) is 3.17. The summed E-state index contributed by atoms with van der Waals surface area (Å²) in [5.41, 5.74) is 2.13. The number of hydrogen-bond acceptors (Lipinski definition) is 3. The molecule has 5 nitrogen and oxygen atoms in total. The molecule has 0 saturated heterocycles. The first kappa shape index (κ1) is 19.1. The van der Waals surface area contributed by atoms with E-state index >= 15 is 0 Å². The van der Waals surface area contributed by atoms with Crippen LogP contribution in [0.25, 0.3) is 0 Å². The Balaban J connectivity index is 1.66. The second-order valence-electron chi connectivity index (χ2n) is 6.50. The molecule has 0 aliphatic heterocycles. The van der Waals surface area contributed by atoms with Gasteiger partial charge in [0.1, 0.15) is 11.6 Å². The Labute approximate surface area is 164 Å². The number of aromatic nitrogens is 3. The van der Waals surface area contributed by atoms with E-state index in [4.69, 9.17) is 11.6 Å². The van der Waals surface area contributed by atoms with Gasteiger partial charge in [0, 0.05) is 23.9 Å². The maximum absolute atomic E-state index is 12.6. The third-order valence-corrected chi connectivity index (χ3v) is 4.69. The molecular weight excluding hydrogens is 360 g/mol. The van der Waals surface area contributed by atoms with Crippen LogP contribution in [-0.4, -0.2) is 27.2 Å². The number of halogens is 1. The van der Waals surface area contributed by atoms with Gasteiger partial charge in [-0.2, -0.15) is 5.10 Å². The monoisotopic (exact) mass is 382 g/mol. The van der Waals surface area contributed by atoms with Crippen LogP contribution >= 0.6 is 11.6 Å². The lowest BCUT2D eigenvalue weighted by atomic mass is 9.88. The van der Waals surface area contributed by atoms with Gasteiger partial charge in [0.2, 0.25) is 5.91 Å². The van der Waals surface area contributed by atoms with Crippen LogP contribution in [0.4, 0.5) is 0 Å². The van der Waals surface area contributed by atoms with E-state index in [0.29, 0.717) is 24.5 Å². The SMILES string of the molecule is Cc1nc(C)n(CCNC(=O)C[C@@H](c2ccccc2)c2cccc(Cl)c2)n1. The summed E-state index contributed by atoms with van der Waals surface area (Å²) in [4.78, 5) is 16.8. The normalized spacial score (nSPS) is 12.0. The van der Waals surface area contributed by atoms with E-state index in [1.165, 1.54) is 0 Å². The predicted molar refractivity (Wildman–Crippen MR) is 107 cm³/mol. The van der Waals surface area contributed by atoms with E-state index in [1.54, 1.807) is 4.68 Å². The zero-order valence-electron chi connectivity index (χ0n) is 15.5. The fraction of sp³-hybridized carbons (Fsp3) is 0.286. The lowest BCUT2D eigenvalue weighted by molar-refractivity contribution is -0.121. The highest BCUT2D eigenvalue weighted by atomic mass is 35.5. The Bertz CT molecular complexity index is 908. The molecule has 1 amide bonds. The molecule has 3 aromatic rings. The van der Waals surface area contributed by atoms with E-state index < -0.39 is 0 Å². The zero-order valence-corrected chi connectivity index (χ0v) is 16.3. The average molecular weight is 383 g/mol. The van der Waals surface area contributed by atoms with E-state index in [9.17, 15) is 4.79 Å². The van der Waals surface area contributed by atoms with Crippen molar-refractivity contribution in [1.82, 2.24) is 20.1 Å². The first-order valence-electron chi connectivity index (χ1n) is 8.98. The van der Waals surface area contributed by atoms with Crippen LogP contribution in [0.2, 0.25) is 5.02 Å². The molecule has 27 heavy (non-hydrogen) atoms. The second-order valence-corrected chi connectivity index (χ2v) is 6.94. The van der Waals surface area contributed by atoms with Crippen molar-refractivity contribution in [2.24, 2.45) is 0 Å². The Morgan fingerprint density at radius 3 is 2.52 bits per heavy atom. The van der Waals surface area contributed by atoms with E-state index in [1.807, 2.05) is 68.4 Å². The molecule has 6 heteroatoms. The van der Waals surface area contributed by atoms with Crippen molar-refractivity contribution in [3.8, 4) is 0 Å². The van der Waals surface area contributed by atoms with Crippen LogP contribution in [0.3, 0.4) is 0 Å². The molecule has 0 aliphatic rings. The predicted octanol–water partition coefficient (Wildman–Crippen LogP) is 3.89. The van der Waals surface area contributed by atoms with Gasteiger partial charge in [-0.15, -0.1) is 0 Å². The van der Waals surface area contributed by atoms with Gasteiger partial charge >= 0.3 is 0 Å². The second kappa shape index (κ2) is 8.82. The standard InChI is InChI=1S/C21H23ClN4O/c1-15-24-16(2)26(25-15)12-11-23-21(27)14-20(17-7-4-3-5-8-17)18-9-6-10-19(22)13-18/h3-10,13,20H,11-12,14H2,1-2H3,(H,23,27)/t20-/m0/s1. The Kier molecular flexibility index (Phi) is 6.24. The van der Waals surface area contributed by atoms with Gasteiger partial charge < -0.3 is 5.32 Å². The number of nitrogens with one attached hydrogen (secondary N) is 1. The summed E-state index contributed by atoms with van der Waals surface area (Å²) in [7, 11) is 0. The molecule has 1 N–H and O–H groups in total.